The van der Waals surface area contributed by atoms with Crippen LogP contribution >= 0.6 is 11.3 Å². The van der Waals surface area contributed by atoms with E-state index in [9.17, 15) is 14.9 Å². The van der Waals surface area contributed by atoms with Crippen molar-refractivity contribution in [3.8, 4) is 17.1 Å². The molecule has 0 saturated carbocycles. The summed E-state index contributed by atoms with van der Waals surface area (Å²) in [5, 5.41) is 11.9. The molecule has 0 fully saturated rings. The lowest BCUT2D eigenvalue weighted by Crippen LogP contribution is -2.24. The first-order valence-corrected chi connectivity index (χ1v) is 11.3. The fourth-order valence-electron chi connectivity index (χ4n) is 4.32. The van der Waals surface area contributed by atoms with E-state index in [1.165, 1.54) is 17.0 Å². The van der Waals surface area contributed by atoms with Gasteiger partial charge in [-0.25, -0.2) is 4.98 Å². The van der Waals surface area contributed by atoms with Gasteiger partial charge in [-0.05, 0) is 48.9 Å². The number of hydrogen-bond donors (Lipinski definition) is 0. The van der Waals surface area contributed by atoms with Crippen molar-refractivity contribution < 1.29 is 9.66 Å². The van der Waals surface area contributed by atoms with Crippen LogP contribution in [0.25, 0.3) is 21.6 Å². The average molecular weight is 448 g/mol. The quantitative estimate of drug-likeness (QED) is 0.318. The molecule has 2 heterocycles. The molecule has 2 aromatic heterocycles. The molecular weight excluding hydrogens is 426 g/mol. The van der Waals surface area contributed by atoms with Crippen LogP contribution in [0.3, 0.4) is 0 Å². The molecule has 0 spiro atoms. The highest BCUT2D eigenvalue weighted by Gasteiger charge is 2.23. The smallest absolute Gasteiger partial charge is 0.269 e. The summed E-state index contributed by atoms with van der Waals surface area (Å²) in [6.07, 6.45) is 4.07. The first-order chi connectivity index (χ1) is 15.5. The minimum atomic E-state index is -0.425. The Labute approximate surface area is 188 Å². The van der Waals surface area contributed by atoms with E-state index >= 15 is 0 Å². The van der Waals surface area contributed by atoms with E-state index in [1.54, 1.807) is 35.1 Å². The van der Waals surface area contributed by atoms with Crippen LogP contribution in [-0.2, 0) is 19.4 Å². The summed E-state index contributed by atoms with van der Waals surface area (Å²) in [5.41, 5.74) is 2.47. The van der Waals surface area contributed by atoms with Crippen molar-refractivity contribution in [3.05, 3.63) is 85.0 Å². The van der Waals surface area contributed by atoms with E-state index in [-0.39, 0.29) is 17.8 Å². The number of benzene rings is 2. The molecule has 162 valence electrons. The highest BCUT2D eigenvalue weighted by Crippen LogP contribution is 2.35. The predicted octanol–water partition coefficient (Wildman–Crippen LogP) is 4.97. The van der Waals surface area contributed by atoms with Crippen molar-refractivity contribution in [3.63, 3.8) is 0 Å². The molecule has 0 N–H and O–H groups in total. The molecule has 0 radical (unpaired) electrons. The Kier molecular flexibility index (Phi) is 5.22. The van der Waals surface area contributed by atoms with E-state index in [2.05, 4.69) is 0 Å². The minimum Gasteiger partial charge on any atom is -0.497 e. The van der Waals surface area contributed by atoms with Gasteiger partial charge in [-0.1, -0.05) is 24.3 Å². The molecule has 5 rings (SSSR count). The summed E-state index contributed by atoms with van der Waals surface area (Å²) in [7, 11) is 1.60. The number of ether oxygens (including phenoxy) is 1. The second-order valence-electron chi connectivity index (χ2n) is 7.88. The van der Waals surface area contributed by atoms with E-state index in [1.807, 2.05) is 24.3 Å². The number of rotatable bonds is 5. The summed E-state index contributed by atoms with van der Waals surface area (Å²) >= 11 is 1.61. The molecule has 0 aliphatic heterocycles. The molecule has 8 heteroatoms. The number of thiophene rings is 1. The van der Waals surface area contributed by atoms with E-state index in [4.69, 9.17) is 9.72 Å². The molecule has 2 aromatic carbocycles. The third-order valence-electron chi connectivity index (χ3n) is 5.86. The van der Waals surface area contributed by atoms with Gasteiger partial charge in [-0.3, -0.25) is 19.5 Å². The van der Waals surface area contributed by atoms with Crippen molar-refractivity contribution >= 4 is 27.2 Å². The number of non-ortho nitro benzene ring substituents is 1. The predicted molar refractivity (Wildman–Crippen MR) is 125 cm³/mol. The standard InChI is InChI=1S/C24H21N3O4S/c1-31-18-9-5-7-16(13-18)22-25-23-21(19-10-2-3-11-20(19)32-23)24(28)26(22)14-15-6-4-8-17(12-15)27(29)30/h4-9,12-13H,2-3,10-11,14H2,1H3. The molecule has 0 unspecified atom stereocenters. The van der Waals surface area contributed by atoms with Gasteiger partial charge in [0.05, 0.1) is 24.0 Å². The third-order valence-corrected chi connectivity index (χ3v) is 7.05. The Balaban J connectivity index is 1.74. The second kappa shape index (κ2) is 8.20. The summed E-state index contributed by atoms with van der Waals surface area (Å²) in [6.45, 7) is 0.195. The molecule has 1 aliphatic carbocycles. The number of aryl methyl sites for hydroxylation is 2. The Hall–Kier alpha value is -3.52. The summed E-state index contributed by atoms with van der Waals surface area (Å²) in [4.78, 5) is 31.6. The number of methoxy groups -OCH3 is 1. The van der Waals surface area contributed by atoms with E-state index in [0.29, 0.717) is 22.5 Å². The summed E-state index contributed by atoms with van der Waals surface area (Å²) in [6, 6.07) is 13.8. The molecule has 0 amide bonds. The van der Waals surface area contributed by atoms with Crippen molar-refractivity contribution in [2.45, 2.75) is 32.2 Å². The number of hydrogen-bond acceptors (Lipinski definition) is 6. The van der Waals surface area contributed by atoms with Gasteiger partial charge >= 0.3 is 0 Å². The Bertz CT molecular complexity index is 1410. The van der Waals surface area contributed by atoms with Crippen LogP contribution < -0.4 is 10.3 Å². The lowest BCUT2D eigenvalue weighted by molar-refractivity contribution is -0.384. The zero-order valence-electron chi connectivity index (χ0n) is 17.5. The number of nitro benzene ring substituents is 1. The Morgan fingerprint density at radius 3 is 2.78 bits per heavy atom. The zero-order chi connectivity index (χ0) is 22.2. The van der Waals surface area contributed by atoms with Crippen molar-refractivity contribution in [1.82, 2.24) is 9.55 Å². The number of aromatic nitrogens is 2. The molecule has 0 bridgehead atoms. The molecule has 0 saturated heterocycles. The molecule has 1 aliphatic rings. The van der Waals surface area contributed by atoms with Crippen LogP contribution in [0, 0.1) is 10.1 Å². The van der Waals surface area contributed by atoms with Gasteiger partial charge in [-0.15, -0.1) is 11.3 Å². The van der Waals surface area contributed by atoms with Crippen LogP contribution in [0.15, 0.2) is 53.3 Å². The van der Waals surface area contributed by atoms with Crippen LogP contribution in [0.1, 0.15) is 28.8 Å². The van der Waals surface area contributed by atoms with Gasteiger partial charge < -0.3 is 4.74 Å². The van der Waals surface area contributed by atoms with Crippen molar-refractivity contribution in [1.29, 1.82) is 0 Å². The van der Waals surface area contributed by atoms with Gasteiger partial charge in [0, 0.05) is 22.6 Å². The van der Waals surface area contributed by atoms with Crippen molar-refractivity contribution in [2.75, 3.05) is 7.11 Å². The lowest BCUT2D eigenvalue weighted by atomic mass is 9.97. The number of fused-ring (bicyclic) bond motifs is 3. The SMILES string of the molecule is COc1cccc(-c2nc3sc4c(c3c(=O)n2Cc2cccc([N+](=O)[O-])c2)CCCC4)c1. The Morgan fingerprint density at radius 2 is 1.97 bits per heavy atom. The molecular formula is C24H21N3O4S. The fraction of sp³-hybridized carbons (Fsp3) is 0.250. The highest BCUT2D eigenvalue weighted by molar-refractivity contribution is 7.18. The first-order valence-electron chi connectivity index (χ1n) is 10.5. The van der Waals surface area contributed by atoms with Gasteiger partial charge in [0.1, 0.15) is 16.4 Å². The van der Waals surface area contributed by atoms with Gasteiger partial charge in [0.15, 0.2) is 0 Å². The van der Waals surface area contributed by atoms with Gasteiger partial charge in [0.2, 0.25) is 0 Å². The topological polar surface area (TPSA) is 87.3 Å². The normalized spacial score (nSPS) is 13.2. The Morgan fingerprint density at radius 1 is 1.16 bits per heavy atom. The molecule has 32 heavy (non-hydrogen) atoms. The van der Waals surface area contributed by atoms with Crippen molar-refractivity contribution in [2.24, 2.45) is 0 Å². The third kappa shape index (κ3) is 3.56. The summed E-state index contributed by atoms with van der Waals surface area (Å²) in [5.74, 6) is 1.20. The maximum absolute atomic E-state index is 13.8. The minimum absolute atomic E-state index is 0.000397. The van der Waals surface area contributed by atoms with Crippen LogP contribution in [-0.4, -0.2) is 21.6 Å². The summed E-state index contributed by atoms with van der Waals surface area (Å²) < 4.78 is 7.01. The molecule has 4 aromatic rings. The second-order valence-corrected chi connectivity index (χ2v) is 8.96. The van der Waals surface area contributed by atoms with Crippen LogP contribution in [0.5, 0.6) is 5.75 Å². The van der Waals surface area contributed by atoms with Crippen LogP contribution in [0.4, 0.5) is 5.69 Å². The maximum atomic E-state index is 13.8. The van der Waals surface area contributed by atoms with Crippen LogP contribution in [0.2, 0.25) is 0 Å². The monoisotopic (exact) mass is 447 g/mol. The van der Waals surface area contributed by atoms with E-state index in [0.717, 1.165) is 41.6 Å². The average Bonchev–Trinajstić information content (AvgIpc) is 3.19. The fourth-order valence-corrected chi connectivity index (χ4v) is 5.57. The maximum Gasteiger partial charge on any atom is 0.269 e. The zero-order valence-corrected chi connectivity index (χ0v) is 18.4. The molecule has 7 nitrogen and oxygen atoms in total. The lowest BCUT2D eigenvalue weighted by Gasteiger charge is -2.15. The van der Waals surface area contributed by atoms with Gasteiger partial charge in [-0.2, -0.15) is 0 Å². The number of nitrogens with zero attached hydrogens (tertiary/aromatic N) is 3. The highest BCUT2D eigenvalue weighted by atomic mass is 32.1. The van der Waals surface area contributed by atoms with Gasteiger partial charge in [0.25, 0.3) is 11.2 Å². The largest absolute Gasteiger partial charge is 0.497 e. The number of nitro groups is 1. The first kappa shape index (κ1) is 20.4. The van der Waals surface area contributed by atoms with E-state index < -0.39 is 4.92 Å². The molecule has 0 atom stereocenters.